The first-order valence-corrected chi connectivity index (χ1v) is 7.88. The predicted molar refractivity (Wildman–Crippen MR) is 96.8 cm³/mol. The maximum Gasteiger partial charge on any atom is 0.307 e. The molecule has 0 atom stereocenters. The summed E-state index contributed by atoms with van der Waals surface area (Å²) in [4.78, 5) is 23.5. The zero-order chi connectivity index (χ0) is 17.4. The molecule has 0 spiro atoms. The summed E-state index contributed by atoms with van der Waals surface area (Å²) in [6.45, 7) is 0. The number of rotatable bonds is 3. The van der Waals surface area contributed by atoms with Gasteiger partial charge in [-0.3, -0.25) is 9.59 Å². The molecule has 4 rings (SSSR count). The quantitative estimate of drug-likeness (QED) is 0.610. The molecule has 1 N–H and O–H groups in total. The van der Waals surface area contributed by atoms with Gasteiger partial charge in [0.2, 0.25) is 0 Å². The number of para-hydroxylation sites is 1. The summed E-state index contributed by atoms with van der Waals surface area (Å²) >= 11 is 0. The van der Waals surface area contributed by atoms with E-state index in [1.165, 1.54) is 6.07 Å². The SMILES string of the molecule is O=C(O)Cc1cccc2c(=O)cc(-c3ccc4ccccc4c3)oc12. The van der Waals surface area contributed by atoms with Crippen LogP contribution in [0, 0.1) is 0 Å². The van der Waals surface area contributed by atoms with Crippen LogP contribution in [0.1, 0.15) is 5.56 Å². The maximum absolute atomic E-state index is 12.5. The van der Waals surface area contributed by atoms with Crippen LogP contribution in [0.4, 0.5) is 0 Å². The number of carboxylic acid groups (broad SMARTS) is 1. The summed E-state index contributed by atoms with van der Waals surface area (Å²) in [5.41, 5.74) is 1.42. The highest BCUT2D eigenvalue weighted by Gasteiger charge is 2.12. The maximum atomic E-state index is 12.5. The van der Waals surface area contributed by atoms with Crippen LogP contribution in [-0.4, -0.2) is 11.1 Å². The van der Waals surface area contributed by atoms with Gasteiger partial charge in [-0.25, -0.2) is 0 Å². The van der Waals surface area contributed by atoms with Crippen molar-refractivity contribution in [3.63, 3.8) is 0 Å². The second-order valence-corrected chi connectivity index (χ2v) is 5.90. The molecular weight excluding hydrogens is 316 g/mol. The van der Waals surface area contributed by atoms with Crippen molar-refractivity contribution >= 4 is 27.7 Å². The minimum atomic E-state index is -0.966. The van der Waals surface area contributed by atoms with E-state index >= 15 is 0 Å². The lowest BCUT2D eigenvalue weighted by Gasteiger charge is -2.07. The molecule has 0 radical (unpaired) electrons. The zero-order valence-electron chi connectivity index (χ0n) is 13.2. The first-order valence-electron chi connectivity index (χ1n) is 7.88. The van der Waals surface area contributed by atoms with Crippen LogP contribution in [0.3, 0.4) is 0 Å². The Morgan fingerprint density at radius 2 is 1.72 bits per heavy atom. The predicted octanol–water partition coefficient (Wildman–Crippen LogP) is 4.24. The minimum Gasteiger partial charge on any atom is -0.481 e. The Balaban J connectivity index is 1.94. The molecule has 0 aliphatic heterocycles. The molecule has 0 saturated heterocycles. The lowest BCUT2D eigenvalue weighted by atomic mass is 10.0. The third kappa shape index (κ3) is 2.78. The number of hydrogen-bond acceptors (Lipinski definition) is 3. The summed E-state index contributed by atoms with van der Waals surface area (Å²) in [5.74, 6) is -0.535. The number of aliphatic carboxylic acids is 1. The largest absolute Gasteiger partial charge is 0.481 e. The molecule has 122 valence electrons. The van der Waals surface area contributed by atoms with Crippen molar-refractivity contribution in [2.75, 3.05) is 0 Å². The van der Waals surface area contributed by atoms with Crippen LogP contribution in [-0.2, 0) is 11.2 Å². The second-order valence-electron chi connectivity index (χ2n) is 5.90. The number of fused-ring (bicyclic) bond motifs is 2. The standard InChI is InChI=1S/C21H14O4/c22-18-12-19(15-9-8-13-4-1-2-5-14(13)10-15)25-21-16(11-20(23)24)6-3-7-17(18)21/h1-10,12H,11H2,(H,23,24). The molecule has 4 nitrogen and oxygen atoms in total. The smallest absolute Gasteiger partial charge is 0.307 e. The summed E-state index contributed by atoms with van der Waals surface area (Å²) in [6.07, 6.45) is -0.193. The number of carbonyl (C=O) groups is 1. The van der Waals surface area contributed by atoms with Crippen molar-refractivity contribution < 1.29 is 14.3 Å². The molecule has 1 aromatic heterocycles. The van der Waals surface area contributed by atoms with Gasteiger partial charge in [-0.2, -0.15) is 0 Å². The van der Waals surface area contributed by atoms with Crippen molar-refractivity contribution in [3.8, 4) is 11.3 Å². The van der Waals surface area contributed by atoms with Gasteiger partial charge in [0.15, 0.2) is 5.43 Å². The van der Waals surface area contributed by atoms with Crippen LogP contribution in [0.2, 0.25) is 0 Å². The Bertz CT molecular complexity index is 1170. The van der Waals surface area contributed by atoms with Gasteiger partial charge in [-0.05, 0) is 22.9 Å². The topological polar surface area (TPSA) is 67.5 Å². The highest BCUT2D eigenvalue weighted by Crippen LogP contribution is 2.27. The summed E-state index contributed by atoms with van der Waals surface area (Å²) < 4.78 is 5.95. The van der Waals surface area contributed by atoms with Crippen LogP contribution >= 0.6 is 0 Å². The zero-order valence-corrected chi connectivity index (χ0v) is 13.2. The summed E-state index contributed by atoms with van der Waals surface area (Å²) in [5, 5.41) is 11.6. The highest BCUT2D eigenvalue weighted by molar-refractivity contribution is 5.88. The summed E-state index contributed by atoms with van der Waals surface area (Å²) in [6, 6.07) is 20.2. The molecule has 0 unspecified atom stereocenters. The lowest BCUT2D eigenvalue weighted by molar-refractivity contribution is -0.136. The third-order valence-corrected chi connectivity index (χ3v) is 4.21. The molecule has 1 heterocycles. The first-order chi connectivity index (χ1) is 12.1. The second kappa shape index (κ2) is 5.91. The Labute approximate surface area is 143 Å². The molecular formula is C21H14O4. The summed E-state index contributed by atoms with van der Waals surface area (Å²) in [7, 11) is 0. The number of hydrogen-bond donors (Lipinski definition) is 1. The monoisotopic (exact) mass is 330 g/mol. The van der Waals surface area contributed by atoms with Gasteiger partial charge in [0.05, 0.1) is 11.8 Å². The molecule has 4 heteroatoms. The average Bonchev–Trinajstić information content (AvgIpc) is 2.61. The van der Waals surface area contributed by atoms with Crippen LogP contribution in [0.25, 0.3) is 33.1 Å². The molecule has 25 heavy (non-hydrogen) atoms. The van der Waals surface area contributed by atoms with E-state index in [2.05, 4.69) is 0 Å². The fraction of sp³-hybridized carbons (Fsp3) is 0.0476. The number of benzene rings is 3. The van der Waals surface area contributed by atoms with Crippen molar-refractivity contribution in [2.45, 2.75) is 6.42 Å². The van der Waals surface area contributed by atoms with E-state index in [1.807, 2.05) is 42.5 Å². The van der Waals surface area contributed by atoms with E-state index in [0.29, 0.717) is 22.3 Å². The van der Waals surface area contributed by atoms with Crippen molar-refractivity contribution in [1.29, 1.82) is 0 Å². The normalized spacial score (nSPS) is 11.0. The van der Waals surface area contributed by atoms with Crippen molar-refractivity contribution in [1.82, 2.24) is 0 Å². The van der Waals surface area contributed by atoms with E-state index in [4.69, 9.17) is 9.52 Å². The van der Waals surface area contributed by atoms with Gasteiger partial charge >= 0.3 is 5.97 Å². The molecule has 3 aromatic carbocycles. The third-order valence-electron chi connectivity index (χ3n) is 4.21. The van der Waals surface area contributed by atoms with Crippen molar-refractivity contribution in [3.05, 3.63) is 82.5 Å². The Morgan fingerprint density at radius 3 is 2.52 bits per heavy atom. The van der Waals surface area contributed by atoms with Crippen LogP contribution < -0.4 is 5.43 Å². The van der Waals surface area contributed by atoms with Gasteiger partial charge in [-0.1, -0.05) is 48.5 Å². The van der Waals surface area contributed by atoms with E-state index in [-0.39, 0.29) is 11.8 Å². The Kier molecular flexibility index (Phi) is 3.58. The van der Waals surface area contributed by atoms with Crippen molar-refractivity contribution in [2.24, 2.45) is 0 Å². The Morgan fingerprint density at radius 1 is 0.920 bits per heavy atom. The minimum absolute atomic E-state index is 0.184. The average molecular weight is 330 g/mol. The molecule has 0 fully saturated rings. The van der Waals surface area contributed by atoms with E-state index in [0.717, 1.165) is 16.3 Å². The van der Waals surface area contributed by atoms with Gasteiger partial charge in [0.25, 0.3) is 0 Å². The number of carboxylic acids is 1. The van der Waals surface area contributed by atoms with E-state index in [9.17, 15) is 9.59 Å². The van der Waals surface area contributed by atoms with Gasteiger partial charge in [0.1, 0.15) is 11.3 Å². The first kappa shape index (κ1) is 15.1. The van der Waals surface area contributed by atoms with Gasteiger partial charge < -0.3 is 9.52 Å². The van der Waals surface area contributed by atoms with Crippen LogP contribution in [0.5, 0.6) is 0 Å². The van der Waals surface area contributed by atoms with Gasteiger partial charge in [-0.15, -0.1) is 0 Å². The molecule has 0 bridgehead atoms. The van der Waals surface area contributed by atoms with E-state index in [1.54, 1.807) is 18.2 Å². The van der Waals surface area contributed by atoms with E-state index < -0.39 is 5.97 Å². The lowest BCUT2D eigenvalue weighted by Crippen LogP contribution is -2.05. The van der Waals surface area contributed by atoms with Crippen LogP contribution in [0.15, 0.2) is 75.9 Å². The molecule has 0 aliphatic rings. The molecule has 0 amide bonds. The molecule has 4 aromatic rings. The molecule has 0 aliphatic carbocycles. The Hall–Kier alpha value is -3.40. The highest BCUT2D eigenvalue weighted by atomic mass is 16.4. The fourth-order valence-corrected chi connectivity index (χ4v) is 3.02. The molecule has 0 saturated carbocycles. The fourth-order valence-electron chi connectivity index (χ4n) is 3.02. The van der Waals surface area contributed by atoms with Gasteiger partial charge in [0, 0.05) is 17.2 Å².